The Kier molecular flexibility index (Phi) is 3.56. The summed E-state index contributed by atoms with van der Waals surface area (Å²) in [5, 5.41) is 6.88. The van der Waals surface area contributed by atoms with E-state index in [1.165, 1.54) is 30.5 Å². The molecule has 0 bridgehead atoms. The maximum Gasteiger partial charge on any atom is 0.0901 e. The quantitative estimate of drug-likeness (QED) is 0.874. The van der Waals surface area contributed by atoms with Crippen LogP contribution < -0.4 is 5.32 Å². The van der Waals surface area contributed by atoms with Crippen molar-refractivity contribution in [3.8, 4) is 11.3 Å². The van der Waals surface area contributed by atoms with Crippen LogP contribution in [-0.4, -0.2) is 11.0 Å². The van der Waals surface area contributed by atoms with E-state index >= 15 is 0 Å². The van der Waals surface area contributed by atoms with Gasteiger partial charge >= 0.3 is 0 Å². The zero-order valence-corrected chi connectivity index (χ0v) is 12.3. The van der Waals surface area contributed by atoms with Gasteiger partial charge in [-0.05, 0) is 44.2 Å². The molecule has 1 heterocycles. The normalized spacial score (nSPS) is 22.6. The molecule has 1 aliphatic carbocycles. The Morgan fingerprint density at radius 2 is 2.00 bits per heavy atom. The van der Waals surface area contributed by atoms with Crippen molar-refractivity contribution in [2.45, 2.75) is 39.2 Å². The molecule has 0 spiro atoms. The van der Waals surface area contributed by atoms with E-state index in [1.54, 1.807) is 11.3 Å². The van der Waals surface area contributed by atoms with Gasteiger partial charge in [0.2, 0.25) is 0 Å². The number of hydrogen-bond donors (Lipinski definition) is 1. The molecule has 0 aliphatic heterocycles. The van der Waals surface area contributed by atoms with Crippen LogP contribution in [0, 0.1) is 12.8 Å². The highest BCUT2D eigenvalue weighted by atomic mass is 32.1. The summed E-state index contributed by atoms with van der Waals surface area (Å²) in [7, 11) is 0. The summed E-state index contributed by atoms with van der Waals surface area (Å²) in [6, 6.07) is 9.33. The van der Waals surface area contributed by atoms with Crippen LogP contribution in [0.1, 0.15) is 31.2 Å². The van der Waals surface area contributed by atoms with Crippen LogP contribution in [0.5, 0.6) is 0 Å². The molecule has 19 heavy (non-hydrogen) atoms. The molecule has 2 aromatic rings. The first-order valence-corrected chi connectivity index (χ1v) is 7.88. The largest absolute Gasteiger partial charge is 0.382 e. The van der Waals surface area contributed by atoms with Crippen molar-refractivity contribution in [2.75, 3.05) is 5.32 Å². The Balaban J connectivity index is 1.69. The number of benzene rings is 1. The molecule has 0 amide bonds. The number of nitrogens with one attached hydrogen (secondary N) is 1. The zero-order chi connectivity index (χ0) is 13.2. The maximum absolute atomic E-state index is 4.52. The minimum atomic E-state index is 0.655. The van der Waals surface area contributed by atoms with Crippen molar-refractivity contribution in [1.82, 2.24) is 4.98 Å². The van der Waals surface area contributed by atoms with Crippen molar-refractivity contribution < 1.29 is 0 Å². The summed E-state index contributed by atoms with van der Waals surface area (Å²) in [6.45, 7) is 4.39. The van der Waals surface area contributed by atoms with Crippen molar-refractivity contribution >= 4 is 17.0 Å². The highest BCUT2D eigenvalue weighted by Gasteiger charge is 2.20. The molecular formula is C16H20N2S. The fraction of sp³-hybridized carbons (Fsp3) is 0.438. The van der Waals surface area contributed by atoms with Crippen LogP contribution >= 0.6 is 11.3 Å². The summed E-state index contributed by atoms with van der Waals surface area (Å²) < 4.78 is 0. The van der Waals surface area contributed by atoms with Crippen molar-refractivity contribution in [1.29, 1.82) is 0 Å². The van der Waals surface area contributed by atoms with Gasteiger partial charge in [0.1, 0.15) is 0 Å². The first-order valence-electron chi connectivity index (χ1n) is 7.00. The summed E-state index contributed by atoms with van der Waals surface area (Å²) in [5.41, 5.74) is 3.52. The minimum Gasteiger partial charge on any atom is -0.382 e. The first kappa shape index (κ1) is 12.7. The van der Waals surface area contributed by atoms with Crippen molar-refractivity contribution in [3.63, 3.8) is 0 Å². The zero-order valence-electron chi connectivity index (χ0n) is 11.5. The van der Waals surface area contributed by atoms with Gasteiger partial charge in [0, 0.05) is 22.7 Å². The molecule has 0 radical (unpaired) electrons. The van der Waals surface area contributed by atoms with Crippen molar-refractivity contribution in [3.05, 3.63) is 34.7 Å². The number of aromatic nitrogens is 1. The van der Waals surface area contributed by atoms with E-state index in [0.717, 1.165) is 16.6 Å². The molecule has 2 nitrogen and oxygen atoms in total. The number of rotatable bonds is 3. The molecule has 100 valence electrons. The van der Waals surface area contributed by atoms with Gasteiger partial charge in [-0.2, -0.15) is 0 Å². The standard InChI is InChI=1S/C16H20N2S/c1-11-3-6-15(9-11)18-14-7-4-13(5-8-14)16-10-19-12(2)17-16/h4-5,7-8,10-11,15,18H,3,6,9H2,1-2H3. The number of thiazole rings is 1. The maximum atomic E-state index is 4.52. The molecule has 3 heteroatoms. The molecule has 1 aromatic carbocycles. The Morgan fingerprint density at radius 1 is 1.21 bits per heavy atom. The first-order chi connectivity index (χ1) is 9.20. The monoisotopic (exact) mass is 272 g/mol. The number of hydrogen-bond acceptors (Lipinski definition) is 3. The SMILES string of the molecule is Cc1nc(-c2ccc(NC3CCC(C)C3)cc2)cs1. The lowest BCUT2D eigenvalue weighted by Gasteiger charge is -2.14. The highest BCUT2D eigenvalue weighted by Crippen LogP contribution is 2.28. The minimum absolute atomic E-state index is 0.655. The van der Waals surface area contributed by atoms with Gasteiger partial charge in [0.15, 0.2) is 0 Å². The average molecular weight is 272 g/mol. The molecule has 0 saturated heterocycles. The summed E-state index contributed by atoms with van der Waals surface area (Å²) >= 11 is 1.70. The molecule has 2 atom stereocenters. The van der Waals surface area contributed by atoms with Crippen LogP contribution in [0.15, 0.2) is 29.6 Å². The third-order valence-corrected chi connectivity index (χ3v) is 4.64. The molecule has 3 rings (SSSR count). The second-order valence-corrected chi connectivity index (χ2v) is 6.65. The lowest BCUT2D eigenvalue weighted by Crippen LogP contribution is -2.14. The Hall–Kier alpha value is -1.35. The Labute approximate surface area is 118 Å². The smallest absolute Gasteiger partial charge is 0.0901 e. The van der Waals surface area contributed by atoms with Gasteiger partial charge in [-0.15, -0.1) is 11.3 Å². The van der Waals surface area contributed by atoms with Gasteiger partial charge < -0.3 is 5.32 Å². The summed E-state index contributed by atoms with van der Waals surface area (Å²) in [4.78, 5) is 4.52. The Morgan fingerprint density at radius 3 is 2.58 bits per heavy atom. The third kappa shape index (κ3) is 2.98. The van der Waals surface area contributed by atoms with E-state index in [4.69, 9.17) is 0 Å². The van der Waals surface area contributed by atoms with E-state index in [2.05, 4.69) is 46.9 Å². The van der Waals surface area contributed by atoms with Crippen LogP contribution in [0.2, 0.25) is 0 Å². The van der Waals surface area contributed by atoms with Crippen molar-refractivity contribution in [2.24, 2.45) is 5.92 Å². The third-order valence-electron chi connectivity index (χ3n) is 3.87. The van der Waals surface area contributed by atoms with Gasteiger partial charge in [0.05, 0.1) is 10.7 Å². The lowest BCUT2D eigenvalue weighted by molar-refractivity contribution is 0.602. The molecule has 2 unspecified atom stereocenters. The molecule has 1 aromatic heterocycles. The van der Waals surface area contributed by atoms with Gasteiger partial charge in [0.25, 0.3) is 0 Å². The number of anilines is 1. The summed E-state index contributed by atoms with van der Waals surface area (Å²) in [6.07, 6.45) is 3.95. The predicted molar refractivity (Wildman–Crippen MR) is 82.7 cm³/mol. The van der Waals surface area contributed by atoms with E-state index in [0.29, 0.717) is 6.04 Å². The van der Waals surface area contributed by atoms with E-state index in [-0.39, 0.29) is 0 Å². The molecule has 1 saturated carbocycles. The summed E-state index contributed by atoms with van der Waals surface area (Å²) in [5.74, 6) is 0.870. The van der Waals surface area contributed by atoms with Gasteiger partial charge in [-0.1, -0.05) is 19.1 Å². The van der Waals surface area contributed by atoms with E-state index in [9.17, 15) is 0 Å². The van der Waals surface area contributed by atoms with Crippen LogP contribution in [-0.2, 0) is 0 Å². The molecular weight excluding hydrogens is 252 g/mol. The van der Waals surface area contributed by atoms with E-state index in [1.807, 2.05) is 6.92 Å². The number of nitrogens with zero attached hydrogens (tertiary/aromatic N) is 1. The number of aryl methyl sites for hydroxylation is 1. The molecule has 1 N–H and O–H groups in total. The second-order valence-electron chi connectivity index (χ2n) is 5.59. The molecule has 1 aliphatic rings. The highest BCUT2D eigenvalue weighted by molar-refractivity contribution is 7.09. The van der Waals surface area contributed by atoms with E-state index < -0.39 is 0 Å². The lowest BCUT2D eigenvalue weighted by atomic mass is 10.1. The second kappa shape index (κ2) is 5.33. The van der Waals surface area contributed by atoms with Gasteiger partial charge in [-0.25, -0.2) is 4.98 Å². The fourth-order valence-electron chi connectivity index (χ4n) is 2.81. The van der Waals surface area contributed by atoms with Crippen LogP contribution in [0.3, 0.4) is 0 Å². The van der Waals surface area contributed by atoms with Gasteiger partial charge in [-0.3, -0.25) is 0 Å². The van der Waals surface area contributed by atoms with Crippen LogP contribution in [0.4, 0.5) is 5.69 Å². The Bertz CT molecular complexity index is 544. The molecule has 1 fully saturated rings. The fourth-order valence-corrected chi connectivity index (χ4v) is 3.43. The average Bonchev–Trinajstić information content (AvgIpc) is 3.00. The topological polar surface area (TPSA) is 24.9 Å². The van der Waals surface area contributed by atoms with Crippen LogP contribution in [0.25, 0.3) is 11.3 Å². The predicted octanol–water partition coefficient (Wildman–Crippen LogP) is 4.72.